The highest BCUT2D eigenvalue weighted by Gasteiger charge is 2.46. The summed E-state index contributed by atoms with van der Waals surface area (Å²) in [5.74, 6) is 4.13. The zero-order chi connectivity index (χ0) is 44.2. The Bertz CT molecular complexity index is 2420. The number of rotatable bonds is 8. The second-order valence-electron chi connectivity index (χ2n) is 18.5. The van der Waals surface area contributed by atoms with E-state index in [0.717, 1.165) is 56.3 Å². The Morgan fingerprint density at radius 2 is 1.03 bits per heavy atom. The van der Waals surface area contributed by atoms with E-state index in [4.69, 9.17) is 24.7 Å². The van der Waals surface area contributed by atoms with E-state index in [1.807, 2.05) is 6.92 Å². The van der Waals surface area contributed by atoms with Gasteiger partial charge >= 0.3 is 0 Å². The molecule has 5 aromatic carbocycles. The van der Waals surface area contributed by atoms with Crippen LogP contribution in [-0.4, -0.2) is 31.3 Å². The van der Waals surface area contributed by atoms with Crippen molar-refractivity contribution < 1.29 is 23.7 Å². The molecule has 60 heavy (non-hydrogen) atoms. The van der Waals surface area contributed by atoms with Crippen molar-refractivity contribution in [2.24, 2.45) is 0 Å². The number of hydrogen-bond donors (Lipinski definition) is 2. The molecule has 3 N–H and O–H groups in total. The second-order valence-corrected chi connectivity index (χ2v) is 18.5. The zero-order valence-electron chi connectivity index (χ0n) is 38.8. The first kappa shape index (κ1) is 44.1. The first-order chi connectivity index (χ1) is 28.1. The molecule has 7 heteroatoms. The Hall–Kier alpha value is -5.43. The summed E-state index contributed by atoms with van der Waals surface area (Å²) in [6.45, 7) is 30.0. The van der Waals surface area contributed by atoms with Gasteiger partial charge in [-0.05, 0) is 155 Å². The number of carbonyl (C=O) groups is 1. The van der Waals surface area contributed by atoms with Crippen molar-refractivity contribution in [3.05, 3.63) is 139 Å². The number of nitrogens with one attached hydrogen (secondary N) is 1. The Morgan fingerprint density at radius 1 is 0.600 bits per heavy atom. The lowest BCUT2D eigenvalue weighted by Gasteiger charge is -2.27. The fraction of sp³-hybridized carbons (Fsp3) is 0.415. The molecule has 2 heterocycles. The monoisotopic (exact) mass is 810 g/mol. The molecule has 0 aromatic heterocycles. The minimum absolute atomic E-state index is 0.0461. The van der Waals surface area contributed by atoms with Gasteiger partial charge in [0.1, 0.15) is 22.7 Å². The van der Waals surface area contributed by atoms with Gasteiger partial charge < -0.3 is 30.0 Å². The summed E-state index contributed by atoms with van der Waals surface area (Å²) >= 11 is 0. The fourth-order valence-corrected chi connectivity index (χ4v) is 9.25. The van der Waals surface area contributed by atoms with Gasteiger partial charge in [-0.3, -0.25) is 4.79 Å². The minimum atomic E-state index is -0.421. The lowest BCUT2D eigenvalue weighted by Crippen LogP contribution is -2.31. The van der Waals surface area contributed by atoms with E-state index in [2.05, 4.69) is 144 Å². The fourth-order valence-electron chi connectivity index (χ4n) is 9.25. The maximum Gasteiger partial charge on any atom is 0.255 e. The summed E-state index contributed by atoms with van der Waals surface area (Å²) in [5, 5.41) is 3.19. The van der Waals surface area contributed by atoms with Crippen LogP contribution in [0.3, 0.4) is 0 Å². The third-order valence-electron chi connectivity index (χ3n) is 13.1. The van der Waals surface area contributed by atoms with Crippen molar-refractivity contribution in [3.63, 3.8) is 0 Å². The number of carbonyl (C=O) groups excluding carboxylic acids is 1. The Balaban J connectivity index is 0.000000218. The van der Waals surface area contributed by atoms with E-state index in [-0.39, 0.29) is 23.3 Å². The SMILES string of the molecule is COc1ccc(C(=O)Nc2c(C)c(C)c3c(c2C)C(c2ccc(C(C)C)cc2)C(C)(C)O3)cc1OC.Cc1c(C)c2c(c(C)c1N)C(c1ccc(C(C)C)cc1)C(C)(C)O2. The number of anilines is 2. The number of ether oxygens (including phenoxy) is 4. The molecule has 0 saturated carbocycles. The first-order valence-corrected chi connectivity index (χ1v) is 21.3. The summed E-state index contributed by atoms with van der Waals surface area (Å²) in [6, 6.07) is 23.0. The van der Waals surface area contributed by atoms with Crippen LogP contribution < -0.4 is 30.0 Å². The molecule has 0 radical (unpaired) electrons. The number of nitrogens with two attached hydrogens (primary N) is 1. The number of hydrogen-bond acceptors (Lipinski definition) is 6. The van der Waals surface area contributed by atoms with Gasteiger partial charge in [-0.25, -0.2) is 0 Å². The molecule has 2 aliphatic rings. The smallest absolute Gasteiger partial charge is 0.255 e. The predicted molar refractivity (Wildman–Crippen MR) is 247 cm³/mol. The molecule has 1 amide bonds. The highest BCUT2D eigenvalue weighted by atomic mass is 16.5. The predicted octanol–water partition coefficient (Wildman–Crippen LogP) is 12.9. The molecular weight excluding hydrogens is 745 g/mol. The number of benzene rings is 5. The molecule has 318 valence electrons. The van der Waals surface area contributed by atoms with Gasteiger partial charge in [0.15, 0.2) is 11.5 Å². The van der Waals surface area contributed by atoms with Gasteiger partial charge in [-0.2, -0.15) is 0 Å². The van der Waals surface area contributed by atoms with Crippen LogP contribution in [0.5, 0.6) is 23.0 Å². The molecule has 2 unspecified atom stereocenters. The van der Waals surface area contributed by atoms with E-state index in [9.17, 15) is 4.79 Å². The minimum Gasteiger partial charge on any atom is -0.493 e. The Kier molecular flexibility index (Phi) is 12.2. The highest BCUT2D eigenvalue weighted by Crippen LogP contribution is 2.55. The van der Waals surface area contributed by atoms with E-state index in [1.165, 1.54) is 33.4 Å². The first-order valence-electron chi connectivity index (χ1n) is 21.3. The van der Waals surface area contributed by atoms with Crippen LogP contribution in [0.4, 0.5) is 11.4 Å². The molecule has 0 bridgehead atoms. The van der Waals surface area contributed by atoms with Crippen molar-refractivity contribution in [2.45, 2.75) is 132 Å². The van der Waals surface area contributed by atoms with Gasteiger partial charge in [0.2, 0.25) is 0 Å². The van der Waals surface area contributed by atoms with Gasteiger partial charge in [0, 0.05) is 28.1 Å². The molecule has 2 atom stereocenters. The van der Waals surface area contributed by atoms with E-state index >= 15 is 0 Å². The van der Waals surface area contributed by atoms with Crippen LogP contribution in [0, 0.1) is 41.5 Å². The van der Waals surface area contributed by atoms with Gasteiger partial charge in [0.25, 0.3) is 5.91 Å². The molecule has 0 fully saturated rings. The van der Waals surface area contributed by atoms with Crippen molar-refractivity contribution in [2.75, 3.05) is 25.3 Å². The van der Waals surface area contributed by atoms with Gasteiger partial charge in [-0.15, -0.1) is 0 Å². The van der Waals surface area contributed by atoms with E-state index in [1.54, 1.807) is 32.4 Å². The normalized spacial score (nSPS) is 17.0. The van der Waals surface area contributed by atoms with Crippen molar-refractivity contribution in [1.29, 1.82) is 0 Å². The van der Waals surface area contributed by atoms with Crippen LogP contribution >= 0.6 is 0 Å². The Labute approximate surface area is 359 Å². The van der Waals surface area contributed by atoms with Crippen LogP contribution in [-0.2, 0) is 0 Å². The maximum absolute atomic E-state index is 13.3. The van der Waals surface area contributed by atoms with Crippen LogP contribution in [0.15, 0.2) is 66.7 Å². The average molecular weight is 811 g/mol. The summed E-state index contributed by atoms with van der Waals surface area (Å²) in [4.78, 5) is 13.3. The summed E-state index contributed by atoms with van der Waals surface area (Å²) in [5.41, 5.74) is 22.1. The molecule has 5 aromatic rings. The van der Waals surface area contributed by atoms with E-state index < -0.39 is 5.60 Å². The van der Waals surface area contributed by atoms with E-state index in [0.29, 0.717) is 28.9 Å². The molecule has 0 aliphatic carbocycles. The van der Waals surface area contributed by atoms with Crippen molar-refractivity contribution in [1.82, 2.24) is 0 Å². The molecule has 0 spiro atoms. The lowest BCUT2D eigenvalue weighted by atomic mass is 9.78. The number of amides is 1. The largest absolute Gasteiger partial charge is 0.493 e. The maximum atomic E-state index is 13.3. The van der Waals surface area contributed by atoms with Crippen molar-refractivity contribution in [3.8, 4) is 23.0 Å². The number of methoxy groups -OCH3 is 2. The zero-order valence-corrected chi connectivity index (χ0v) is 38.8. The summed E-state index contributed by atoms with van der Waals surface area (Å²) in [7, 11) is 3.14. The average Bonchev–Trinajstić information content (AvgIpc) is 3.68. The molecule has 7 nitrogen and oxygen atoms in total. The van der Waals surface area contributed by atoms with Gasteiger partial charge in [0.05, 0.1) is 26.1 Å². The topological polar surface area (TPSA) is 92.0 Å². The summed E-state index contributed by atoms with van der Waals surface area (Å²) in [6.07, 6.45) is 0. The number of fused-ring (bicyclic) bond motifs is 2. The van der Waals surface area contributed by atoms with Crippen LogP contribution in [0.1, 0.15) is 156 Å². The van der Waals surface area contributed by atoms with Crippen LogP contribution in [0.2, 0.25) is 0 Å². The summed E-state index contributed by atoms with van der Waals surface area (Å²) < 4.78 is 23.7. The molecular formula is C53H66N2O5. The quantitative estimate of drug-likeness (QED) is 0.152. The van der Waals surface area contributed by atoms with Crippen LogP contribution in [0.25, 0.3) is 0 Å². The third kappa shape index (κ3) is 7.84. The second kappa shape index (κ2) is 16.6. The highest BCUT2D eigenvalue weighted by molar-refractivity contribution is 6.06. The molecule has 2 aliphatic heterocycles. The molecule has 7 rings (SSSR count). The molecule has 0 saturated heterocycles. The third-order valence-corrected chi connectivity index (χ3v) is 13.1. The van der Waals surface area contributed by atoms with Gasteiger partial charge in [-0.1, -0.05) is 76.2 Å². The number of nitrogen functional groups attached to an aromatic ring is 1. The van der Waals surface area contributed by atoms with Crippen molar-refractivity contribution >= 4 is 17.3 Å². The lowest BCUT2D eigenvalue weighted by molar-refractivity contribution is 0.102. The standard InChI is InChI=1S/C31H37NO4.C22H29NO/c1-17(2)21-10-12-22(13-11-21)27-26-20(5)28(18(3)19(4)29(26)36-31(27,6)7)32-30(33)23-14-15-24(34-8)25(16-23)35-9;1-12(2)16-8-10-17(11-9-16)19-18-15(5)20(23)13(3)14(4)21(18)24-22(19,6)7/h10-17,27H,1-9H3,(H,32,33);8-12,19H,23H2,1-7H3. The Morgan fingerprint density at radius 3 is 1.47 bits per heavy atom.